The van der Waals surface area contributed by atoms with Crippen molar-refractivity contribution >= 4 is 29.2 Å². The van der Waals surface area contributed by atoms with E-state index in [1.807, 2.05) is 31.3 Å². The summed E-state index contributed by atoms with van der Waals surface area (Å²) in [5.74, 6) is 0. The van der Waals surface area contributed by atoms with Crippen molar-refractivity contribution in [3.05, 3.63) is 84.0 Å². The Kier molecular flexibility index (Phi) is 12.3. The van der Waals surface area contributed by atoms with Gasteiger partial charge in [0.1, 0.15) is 0 Å². The number of aromatic nitrogens is 2. The second-order valence-electron chi connectivity index (χ2n) is 8.02. The number of rotatable bonds is 12. The van der Waals surface area contributed by atoms with E-state index in [9.17, 15) is 0 Å². The second-order valence-corrected chi connectivity index (χ2v) is 8.02. The maximum atomic E-state index is 5.58. The molecule has 0 radical (unpaired) electrons. The van der Waals surface area contributed by atoms with Crippen molar-refractivity contribution in [3.63, 3.8) is 0 Å². The minimum absolute atomic E-state index is 0.539. The predicted octanol–water partition coefficient (Wildman–Crippen LogP) is 7.83. The van der Waals surface area contributed by atoms with E-state index in [-0.39, 0.29) is 0 Å². The quantitative estimate of drug-likeness (QED) is 0.241. The molecule has 0 aliphatic heterocycles. The first kappa shape index (κ1) is 26.9. The van der Waals surface area contributed by atoms with Gasteiger partial charge in [-0.1, -0.05) is 45.9 Å². The molecule has 0 spiro atoms. The highest BCUT2D eigenvalue weighted by molar-refractivity contribution is 5.65. The van der Waals surface area contributed by atoms with Gasteiger partial charge in [-0.25, -0.2) is 0 Å². The molecule has 5 heteroatoms. The van der Waals surface area contributed by atoms with Crippen LogP contribution in [-0.2, 0) is 17.8 Å². The molecule has 0 saturated carbocycles. The van der Waals surface area contributed by atoms with Crippen LogP contribution in [0.2, 0.25) is 0 Å². The van der Waals surface area contributed by atoms with E-state index in [0.29, 0.717) is 6.61 Å². The van der Waals surface area contributed by atoms with Gasteiger partial charge in [0.15, 0.2) is 0 Å². The zero-order chi connectivity index (χ0) is 24.6. The smallest absolute Gasteiger partial charge is 0.0888 e. The number of allylic oxidation sites excluding steroid dienone is 1. The highest BCUT2D eigenvalue weighted by atomic mass is 16.5. The average molecular weight is 461 g/mol. The number of ether oxygens (including phenoxy) is 1. The van der Waals surface area contributed by atoms with Crippen LogP contribution in [0, 0.1) is 0 Å². The van der Waals surface area contributed by atoms with Crippen LogP contribution in [0.15, 0.2) is 61.4 Å². The van der Waals surface area contributed by atoms with Gasteiger partial charge < -0.3 is 20.4 Å². The van der Waals surface area contributed by atoms with Gasteiger partial charge in [0.05, 0.1) is 12.3 Å². The summed E-state index contributed by atoms with van der Waals surface area (Å²) in [5, 5.41) is 6.93. The third-order valence-electron chi connectivity index (χ3n) is 4.89. The Morgan fingerprint density at radius 3 is 2.47 bits per heavy atom. The van der Waals surface area contributed by atoms with E-state index in [1.165, 1.54) is 17.5 Å². The summed E-state index contributed by atoms with van der Waals surface area (Å²) in [7, 11) is 0. The molecule has 0 unspecified atom stereocenters. The first-order valence-corrected chi connectivity index (χ1v) is 12.2. The molecule has 0 amide bonds. The second kappa shape index (κ2) is 15.5. The fourth-order valence-electron chi connectivity index (χ4n) is 3.37. The van der Waals surface area contributed by atoms with Gasteiger partial charge in [-0.05, 0) is 67.8 Å². The van der Waals surface area contributed by atoms with Gasteiger partial charge >= 0.3 is 0 Å². The maximum absolute atomic E-state index is 5.58. The first-order chi connectivity index (χ1) is 16.6. The third kappa shape index (κ3) is 8.91. The highest BCUT2D eigenvalue weighted by Gasteiger charge is 2.06. The number of hydrogen-bond donors (Lipinski definition) is 3. The van der Waals surface area contributed by atoms with Crippen LogP contribution < -0.4 is 10.6 Å². The summed E-state index contributed by atoms with van der Waals surface area (Å²) in [4.78, 5) is 7.65. The number of anilines is 3. The van der Waals surface area contributed by atoms with Crippen molar-refractivity contribution in [2.75, 3.05) is 23.8 Å². The lowest BCUT2D eigenvalue weighted by Gasteiger charge is -2.10. The van der Waals surface area contributed by atoms with Crippen molar-refractivity contribution in [1.82, 2.24) is 9.97 Å². The molecule has 0 aliphatic carbocycles. The molecule has 0 aliphatic rings. The molecule has 3 aromatic rings. The zero-order valence-electron chi connectivity index (χ0n) is 21.2. The Morgan fingerprint density at radius 1 is 1.06 bits per heavy atom. The van der Waals surface area contributed by atoms with Crippen LogP contribution in [-0.4, -0.2) is 23.1 Å². The van der Waals surface area contributed by atoms with Crippen LogP contribution in [0.3, 0.4) is 0 Å². The lowest BCUT2D eigenvalue weighted by molar-refractivity contribution is 0.119. The van der Waals surface area contributed by atoms with Gasteiger partial charge in [0, 0.05) is 53.9 Å². The molecule has 0 saturated heterocycles. The number of benzene rings is 1. The summed E-state index contributed by atoms with van der Waals surface area (Å²) in [6.45, 7) is 14.4. The minimum atomic E-state index is 0.539. The maximum Gasteiger partial charge on any atom is 0.0888 e. The fraction of sp³-hybridized carbons (Fsp3) is 0.345. The van der Waals surface area contributed by atoms with Gasteiger partial charge in [0.2, 0.25) is 0 Å². The van der Waals surface area contributed by atoms with E-state index in [2.05, 4.69) is 90.6 Å². The molecule has 2 aromatic heterocycles. The summed E-state index contributed by atoms with van der Waals surface area (Å²) >= 11 is 0. The van der Waals surface area contributed by atoms with Gasteiger partial charge in [-0.3, -0.25) is 4.98 Å². The number of nitrogens with one attached hydrogen (secondary N) is 3. The van der Waals surface area contributed by atoms with Crippen molar-refractivity contribution in [2.45, 2.75) is 53.6 Å². The molecule has 182 valence electrons. The molecule has 3 rings (SSSR count). The Balaban J connectivity index is 0.00000129. The third-order valence-corrected chi connectivity index (χ3v) is 4.89. The standard InChI is InChI=1S/C26H32N4O.C3H8/c1-4-7-25-20(18-29-26(25)6-3)12-14-27-21-8-10-22(11-9-21)30-23-13-15-28-24(17-23)19-31-16-5-2;1-3-2/h4,6-11,13,15,17-18,27,29H,3,5,12,14,16,19H2,1-2H3,(H,28,30);3H2,1-2H3/b7-4-;. The molecule has 3 N–H and O–H groups in total. The Hall–Kier alpha value is -3.31. The van der Waals surface area contributed by atoms with Crippen molar-refractivity contribution in [1.29, 1.82) is 0 Å². The van der Waals surface area contributed by atoms with E-state index >= 15 is 0 Å². The lowest BCUT2D eigenvalue weighted by Crippen LogP contribution is -2.05. The molecular weight excluding hydrogens is 420 g/mol. The van der Waals surface area contributed by atoms with E-state index in [0.717, 1.165) is 54.4 Å². The molecule has 1 aromatic carbocycles. The number of nitrogens with zero attached hydrogens (tertiary/aromatic N) is 1. The molecule has 5 nitrogen and oxygen atoms in total. The lowest BCUT2D eigenvalue weighted by atomic mass is 10.1. The number of H-pyrrole nitrogens is 1. The van der Waals surface area contributed by atoms with Crippen LogP contribution >= 0.6 is 0 Å². The summed E-state index contributed by atoms with van der Waals surface area (Å²) < 4.78 is 5.58. The van der Waals surface area contributed by atoms with Gasteiger partial charge in [0.25, 0.3) is 0 Å². The number of pyridine rings is 1. The zero-order valence-corrected chi connectivity index (χ0v) is 21.2. The van der Waals surface area contributed by atoms with Crippen LogP contribution in [0.5, 0.6) is 0 Å². The van der Waals surface area contributed by atoms with Gasteiger partial charge in [-0.15, -0.1) is 0 Å². The number of aromatic amines is 1. The van der Waals surface area contributed by atoms with Crippen LogP contribution in [0.1, 0.15) is 63.1 Å². The SMILES string of the molecule is C=Cc1[nH]cc(CCNc2ccc(Nc3ccnc(COCCC)c3)cc2)c1/C=C\C.CCC. The van der Waals surface area contributed by atoms with E-state index in [1.54, 1.807) is 0 Å². The summed E-state index contributed by atoms with van der Waals surface area (Å²) in [6, 6.07) is 12.3. The highest BCUT2D eigenvalue weighted by Crippen LogP contribution is 2.21. The molecule has 34 heavy (non-hydrogen) atoms. The van der Waals surface area contributed by atoms with Crippen molar-refractivity contribution < 1.29 is 4.74 Å². The molecule has 2 heterocycles. The van der Waals surface area contributed by atoms with Crippen LogP contribution in [0.4, 0.5) is 17.1 Å². The largest absolute Gasteiger partial charge is 0.385 e. The number of hydrogen-bond acceptors (Lipinski definition) is 4. The molecule has 0 fully saturated rings. The van der Waals surface area contributed by atoms with E-state index in [4.69, 9.17) is 4.74 Å². The van der Waals surface area contributed by atoms with Crippen molar-refractivity contribution in [3.8, 4) is 0 Å². The van der Waals surface area contributed by atoms with Crippen molar-refractivity contribution in [2.24, 2.45) is 0 Å². The molecule has 0 atom stereocenters. The Labute approximate surface area is 205 Å². The Bertz CT molecular complexity index is 1010. The van der Waals surface area contributed by atoms with Crippen LogP contribution in [0.25, 0.3) is 12.2 Å². The minimum Gasteiger partial charge on any atom is -0.385 e. The normalized spacial score (nSPS) is 10.6. The summed E-state index contributed by atoms with van der Waals surface area (Å²) in [5.41, 5.74) is 7.64. The molecular formula is C29H40N4O. The Morgan fingerprint density at radius 2 is 1.79 bits per heavy atom. The van der Waals surface area contributed by atoms with E-state index < -0.39 is 0 Å². The molecule has 0 bridgehead atoms. The first-order valence-electron chi connectivity index (χ1n) is 12.2. The average Bonchev–Trinajstić information content (AvgIpc) is 3.23. The monoisotopic (exact) mass is 460 g/mol. The topological polar surface area (TPSA) is 62.0 Å². The fourth-order valence-corrected chi connectivity index (χ4v) is 3.37. The van der Waals surface area contributed by atoms with Gasteiger partial charge in [-0.2, -0.15) is 0 Å². The summed E-state index contributed by atoms with van der Waals surface area (Å²) in [6.07, 6.45) is 13.1. The predicted molar refractivity (Wildman–Crippen MR) is 148 cm³/mol.